The van der Waals surface area contributed by atoms with Crippen molar-refractivity contribution in [2.24, 2.45) is 0 Å². The van der Waals surface area contributed by atoms with Gasteiger partial charge in [-0.2, -0.15) is 0 Å². The molecule has 0 radical (unpaired) electrons. The number of allylic oxidation sites excluding steroid dienone is 16. The molecule has 0 aromatic rings. The molecule has 0 saturated carbocycles. The first kappa shape index (κ1) is 53.2. The molecule has 8 nitrogen and oxygen atoms in total. The zero-order valence-corrected chi connectivity index (χ0v) is 36.5. The maximum absolute atomic E-state index is 12.7. The summed E-state index contributed by atoms with van der Waals surface area (Å²) in [7, 11) is 5.37. The fourth-order valence-corrected chi connectivity index (χ4v) is 5.64. The Balaban J connectivity index is 4.46. The van der Waals surface area contributed by atoms with Crippen LogP contribution in [0.1, 0.15) is 142 Å². The molecule has 0 aromatic heterocycles. The predicted molar refractivity (Wildman–Crippen MR) is 235 cm³/mol. The van der Waals surface area contributed by atoms with Gasteiger partial charge in [-0.3, -0.25) is 9.59 Å². The fourth-order valence-electron chi connectivity index (χ4n) is 5.64. The minimum absolute atomic E-state index is 0.0117. The lowest BCUT2D eigenvalue weighted by atomic mass is 10.1. The second-order valence-electron chi connectivity index (χ2n) is 15.2. The number of nitrogens with zero attached hydrogens (tertiary/aromatic N) is 1. The number of hydrogen-bond donors (Lipinski definition) is 0. The van der Waals surface area contributed by atoms with E-state index in [1.165, 1.54) is 0 Å². The Hall–Kier alpha value is -3.75. The molecule has 0 amide bonds. The van der Waals surface area contributed by atoms with Crippen LogP contribution >= 0.6 is 0 Å². The van der Waals surface area contributed by atoms with E-state index in [1.54, 1.807) is 21.1 Å². The van der Waals surface area contributed by atoms with Crippen LogP contribution in [0, 0.1) is 0 Å². The van der Waals surface area contributed by atoms with Crippen LogP contribution in [0.4, 0.5) is 0 Å². The van der Waals surface area contributed by atoms with Gasteiger partial charge in [0.05, 0.1) is 40.3 Å². The minimum Gasteiger partial charge on any atom is -0.544 e. The van der Waals surface area contributed by atoms with Crippen LogP contribution in [0.5, 0.6) is 0 Å². The summed E-state index contributed by atoms with van der Waals surface area (Å²) in [5.74, 6) is -1.83. The van der Waals surface area contributed by atoms with Crippen molar-refractivity contribution in [3.8, 4) is 0 Å². The number of carboxylic acid groups (broad SMARTS) is 1. The van der Waals surface area contributed by atoms with Gasteiger partial charge in [0.2, 0.25) is 0 Å². The highest BCUT2D eigenvalue weighted by atomic mass is 16.6. The highest BCUT2D eigenvalue weighted by Crippen LogP contribution is 2.11. The summed E-state index contributed by atoms with van der Waals surface area (Å²) in [5, 5.41) is 11.6. The van der Waals surface area contributed by atoms with Gasteiger partial charge in [0.15, 0.2) is 6.10 Å². The molecule has 0 aromatic carbocycles. The summed E-state index contributed by atoms with van der Waals surface area (Å²) in [6.07, 6.45) is 51.5. The Morgan fingerprint density at radius 3 is 1.40 bits per heavy atom. The van der Waals surface area contributed by atoms with Gasteiger partial charge in [0.25, 0.3) is 0 Å². The average molecular weight is 794 g/mol. The molecule has 2 unspecified atom stereocenters. The third-order valence-corrected chi connectivity index (χ3v) is 8.97. The highest BCUT2D eigenvalue weighted by molar-refractivity contribution is 5.70. The normalized spacial score (nSPS) is 13.9. The van der Waals surface area contributed by atoms with E-state index in [1.807, 2.05) is 0 Å². The van der Waals surface area contributed by atoms with Crippen LogP contribution in [0.2, 0.25) is 0 Å². The third-order valence-electron chi connectivity index (χ3n) is 8.97. The Morgan fingerprint density at radius 2 is 0.930 bits per heavy atom. The van der Waals surface area contributed by atoms with Gasteiger partial charge in [-0.25, -0.2) is 0 Å². The molecule has 0 aliphatic carbocycles. The van der Waals surface area contributed by atoms with Crippen molar-refractivity contribution >= 4 is 17.9 Å². The molecule has 0 saturated heterocycles. The summed E-state index contributed by atoms with van der Waals surface area (Å²) in [6.45, 7) is 4.35. The number of carbonyl (C=O) groups excluding carboxylic acids is 3. The van der Waals surface area contributed by atoms with Crippen molar-refractivity contribution < 1.29 is 38.2 Å². The molecule has 0 N–H and O–H groups in total. The van der Waals surface area contributed by atoms with Crippen LogP contribution in [0.15, 0.2) is 97.2 Å². The SMILES string of the molecule is CC/C=C/C/C=C/C/C=C/C/C=C/C/C=C/C/C=C/CCCCC(=O)OC(COCCC(C(=O)[O-])[N+](C)(C)C)COC(=O)CCCCCCC/C=C/C/C=C/CC. The first-order valence-corrected chi connectivity index (χ1v) is 21.8. The number of aliphatic carboxylic acids is 1. The topological polar surface area (TPSA) is 102 Å². The van der Waals surface area contributed by atoms with Crippen molar-refractivity contribution in [3.05, 3.63) is 97.2 Å². The number of carboxylic acids is 1. The van der Waals surface area contributed by atoms with E-state index in [0.29, 0.717) is 12.8 Å². The van der Waals surface area contributed by atoms with Crippen molar-refractivity contribution in [1.82, 2.24) is 0 Å². The van der Waals surface area contributed by atoms with Crippen molar-refractivity contribution in [2.75, 3.05) is 41.0 Å². The van der Waals surface area contributed by atoms with Crippen LogP contribution in [0.25, 0.3) is 0 Å². The van der Waals surface area contributed by atoms with E-state index < -0.39 is 18.1 Å². The van der Waals surface area contributed by atoms with Gasteiger partial charge in [-0.1, -0.05) is 130 Å². The summed E-state index contributed by atoms with van der Waals surface area (Å²) < 4.78 is 17.1. The fraction of sp³-hybridized carbons (Fsp3) is 0.612. The minimum atomic E-state index is -1.14. The molecule has 0 fully saturated rings. The molecule has 0 rings (SSSR count). The Labute approximate surface area is 347 Å². The Bertz CT molecular complexity index is 1250. The monoisotopic (exact) mass is 794 g/mol. The summed E-state index contributed by atoms with van der Waals surface area (Å²) in [5.41, 5.74) is 0. The van der Waals surface area contributed by atoms with Gasteiger partial charge < -0.3 is 28.6 Å². The maximum atomic E-state index is 12.7. The lowest BCUT2D eigenvalue weighted by Gasteiger charge is -2.34. The molecule has 322 valence electrons. The van der Waals surface area contributed by atoms with Crippen molar-refractivity contribution in [1.29, 1.82) is 0 Å². The molecule has 57 heavy (non-hydrogen) atoms. The zero-order chi connectivity index (χ0) is 42.1. The Morgan fingerprint density at radius 1 is 0.526 bits per heavy atom. The Kier molecular flexibility index (Phi) is 36.5. The maximum Gasteiger partial charge on any atom is 0.306 e. The van der Waals surface area contributed by atoms with Crippen LogP contribution in [0.3, 0.4) is 0 Å². The van der Waals surface area contributed by atoms with E-state index in [-0.39, 0.29) is 49.1 Å². The number of quaternary nitrogens is 1. The lowest BCUT2D eigenvalue weighted by molar-refractivity contribution is -0.889. The van der Waals surface area contributed by atoms with Gasteiger partial charge in [-0.05, 0) is 89.9 Å². The van der Waals surface area contributed by atoms with Crippen molar-refractivity contribution in [3.63, 3.8) is 0 Å². The van der Waals surface area contributed by atoms with E-state index in [9.17, 15) is 19.5 Å². The predicted octanol–water partition coefficient (Wildman–Crippen LogP) is 10.6. The largest absolute Gasteiger partial charge is 0.544 e. The number of hydrogen-bond acceptors (Lipinski definition) is 7. The van der Waals surface area contributed by atoms with E-state index in [2.05, 4.69) is 111 Å². The molecule has 0 spiro atoms. The van der Waals surface area contributed by atoms with Crippen LogP contribution < -0.4 is 5.11 Å². The van der Waals surface area contributed by atoms with E-state index >= 15 is 0 Å². The number of likely N-dealkylation sites (N-methyl/N-ethyl adjacent to an activating group) is 1. The second kappa shape index (κ2) is 39.1. The first-order valence-electron chi connectivity index (χ1n) is 21.8. The quantitative estimate of drug-likeness (QED) is 0.0267. The summed E-state index contributed by atoms with van der Waals surface area (Å²) in [4.78, 5) is 36.8. The van der Waals surface area contributed by atoms with Crippen LogP contribution in [-0.2, 0) is 28.6 Å². The second-order valence-corrected chi connectivity index (χ2v) is 15.2. The number of esters is 2. The molecule has 8 heteroatoms. The number of carbonyl (C=O) groups is 3. The molecule has 0 heterocycles. The summed E-state index contributed by atoms with van der Waals surface area (Å²) in [6, 6.07) is -0.741. The summed E-state index contributed by atoms with van der Waals surface area (Å²) >= 11 is 0. The first-order chi connectivity index (χ1) is 27.6. The van der Waals surface area contributed by atoms with Crippen LogP contribution in [-0.4, -0.2) is 75.5 Å². The number of rotatable bonds is 37. The molecular formula is C49H79NO7. The smallest absolute Gasteiger partial charge is 0.306 e. The number of ether oxygens (including phenoxy) is 3. The highest BCUT2D eigenvalue weighted by Gasteiger charge is 2.25. The zero-order valence-electron chi connectivity index (χ0n) is 36.5. The average Bonchev–Trinajstić information content (AvgIpc) is 3.17. The van der Waals surface area contributed by atoms with Gasteiger partial charge >= 0.3 is 11.9 Å². The molecule has 0 aliphatic rings. The van der Waals surface area contributed by atoms with E-state index in [4.69, 9.17) is 14.2 Å². The third kappa shape index (κ3) is 37.6. The number of unbranched alkanes of at least 4 members (excludes halogenated alkanes) is 7. The lowest BCUT2D eigenvalue weighted by Crippen LogP contribution is -2.55. The molecule has 0 aliphatic heterocycles. The molecular weight excluding hydrogens is 715 g/mol. The van der Waals surface area contributed by atoms with Gasteiger partial charge in [0, 0.05) is 19.3 Å². The van der Waals surface area contributed by atoms with Crippen molar-refractivity contribution in [2.45, 2.75) is 154 Å². The standard InChI is InChI=1S/C49H79NO7/c1-6-8-10-12-14-16-18-20-21-22-23-24-25-26-27-28-30-32-34-36-38-40-48(52)57-45(43-55-42-41-46(49(53)54)50(3,4)5)44-56-47(51)39-37-35-33-31-29-19-17-15-13-11-9-7-2/h8-11,14-17,20-21,23-24,26-27,30,32,45-46H,6-7,12-13,18-19,22,25,28-29,31,33-44H2,1-5H3/b10-8+,11-9+,16-14+,17-15+,21-20+,24-23+,27-26+,32-30+. The van der Waals surface area contributed by atoms with Gasteiger partial charge in [0.1, 0.15) is 12.6 Å². The van der Waals surface area contributed by atoms with Gasteiger partial charge in [-0.15, -0.1) is 0 Å². The molecule has 0 bridgehead atoms. The molecule has 2 atom stereocenters. The van der Waals surface area contributed by atoms with E-state index in [0.717, 1.165) is 103 Å².